The van der Waals surface area contributed by atoms with Crippen molar-refractivity contribution in [3.63, 3.8) is 0 Å². The summed E-state index contributed by atoms with van der Waals surface area (Å²) in [7, 11) is 0. The van der Waals surface area contributed by atoms with E-state index in [1.165, 1.54) is 0 Å². The molecule has 0 bridgehead atoms. The first kappa shape index (κ1) is 22.9. The fourth-order valence-corrected chi connectivity index (χ4v) is 2.20. The Labute approximate surface area is 145 Å². The molecule has 24 heavy (non-hydrogen) atoms. The molecule has 1 heterocycles. The van der Waals surface area contributed by atoms with E-state index in [0.717, 1.165) is 45.7 Å². The first-order valence-electron chi connectivity index (χ1n) is 8.78. The number of hydrogen-bond donors (Lipinski definition) is 5. The fourth-order valence-electron chi connectivity index (χ4n) is 2.20. The Morgan fingerprint density at radius 2 is 1.42 bits per heavy atom. The van der Waals surface area contributed by atoms with Gasteiger partial charge in [0.15, 0.2) is 0 Å². The maximum Gasteiger partial charge on any atom is 0.317 e. The molecular weight excluding hydrogens is 310 g/mol. The quantitative estimate of drug-likeness (QED) is 0.169. The Balaban J connectivity index is 0.000000446. The first-order valence-corrected chi connectivity index (χ1v) is 8.78. The van der Waals surface area contributed by atoms with Gasteiger partial charge in [0.05, 0.1) is 12.3 Å². The van der Waals surface area contributed by atoms with Crippen molar-refractivity contribution in [3.8, 4) is 0 Å². The smallest absolute Gasteiger partial charge is 0.317 e. The monoisotopic (exact) mass is 345 g/mol. The number of nitrogens with two attached hydrogens (primary N) is 2. The van der Waals surface area contributed by atoms with Gasteiger partial charge in [-0.1, -0.05) is 13.8 Å². The molecule has 0 aromatic heterocycles. The van der Waals surface area contributed by atoms with Gasteiger partial charge in [-0.15, -0.1) is 0 Å². The summed E-state index contributed by atoms with van der Waals surface area (Å²) in [5.74, 6) is -0.453. The lowest BCUT2D eigenvalue weighted by atomic mass is 9.96. The molecule has 8 nitrogen and oxygen atoms in total. The Bertz CT molecular complexity index is 330. The normalized spacial score (nSPS) is 17.0. The van der Waals surface area contributed by atoms with Crippen LogP contribution < -0.4 is 27.4 Å². The van der Waals surface area contributed by atoms with Crippen molar-refractivity contribution >= 4 is 11.9 Å². The molecule has 0 aromatic carbocycles. The third-order valence-corrected chi connectivity index (χ3v) is 3.32. The van der Waals surface area contributed by atoms with E-state index in [9.17, 15) is 9.59 Å². The summed E-state index contributed by atoms with van der Waals surface area (Å²) >= 11 is 0. The number of nitrogens with one attached hydrogen (secondary N) is 3. The van der Waals surface area contributed by atoms with Crippen LogP contribution >= 0.6 is 0 Å². The Kier molecular flexibility index (Phi) is 14.8. The van der Waals surface area contributed by atoms with Crippen LogP contribution in [0.25, 0.3) is 0 Å². The predicted octanol–water partition coefficient (Wildman–Crippen LogP) is -1.21. The molecule has 1 aliphatic rings. The van der Waals surface area contributed by atoms with Crippen LogP contribution in [0.1, 0.15) is 26.7 Å². The van der Waals surface area contributed by atoms with Gasteiger partial charge in [-0.2, -0.15) is 0 Å². The maximum absolute atomic E-state index is 10.9. The highest BCUT2D eigenvalue weighted by Crippen LogP contribution is 2.22. The summed E-state index contributed by atoms with van der Waals surface area (Å²) in [6.45, 7) is 11.2. The summed E-state index contributed by atoms with van der Waals surface area (Å²) in [5, 5.41) is 9.71. The molecule has 1 rings (SSSR count). The zero-order valence-corrected chi connectivity index (χ0v) is 15.1. The molecule has 0 amide bonds. The topological polar surface area (TPSA) is 132 Å². The van der Waals surface area contributed by atoms with E-state index in [-0.39, 0.29) is 24.3 Å². The summed E-state index contributed by atoms with van der Waals surface area (Å²) in [4.78, 5) is 21.5. The van der Waals surface area contributed by atoms with E-state index in [2.05, 4.69) is 20.7 Å². The third kappa shape index (κ3) is 13.4. The number of cyclic esters (lactones) is 2. The number of esters is 2. The van der Waals surface area contributed by atoms with Gasteiger partial charge in [-0.05, 0) is 12.3 Å². The lowest BCUT2D eigenvalue weighted by molar-refractivity contribution is -0.153. The summed E-state index contributed by atoms with van der Waals surface area (Å²) in [6.07, 6.45) is 1.03. The molecule has 1 saturated heterocycles. The van der Waals surface area contributed by atoms with Gasteiger partial charge < -0.3 is 32.2 Å². The van der Waals surface area contributed by atoms with Gasteiger partial charge in [0.2, 0.25) is 0 Å². The van der Waals surface area contributed by atoms with Crippen molar-refractivity contribution in [1.29, 1.82) is 0 Å². The average molecular weight is 345 g/mol. The van der Waals surface area contributed by atoms with Crippen LogP contribution in [0.3, 0.4) is 0 Å². The zero-order chi connectivity index (χ0) is 18.2. The lowest BCUT2D eigenvalue weighted by Gasteiger charge is -2.06. The van der Waals surface area contributed by atoms with Crippen molar-refractivity contribution in [2.75, 3.05) is 52.4 Å². The number of carbonyl (C=O) groups excluding carboxylic acids is 2. The van der Waals surface area contributed by atoms with Crippen molar-refractivity contribution in [2.45, 2.75) is 26.7 Å². The van der Waals surface area contributed by atoms with Crippen LogP contribution in [-0.4, -0.2) is 64.3 Å². The minimum Gasteiger partial charge on any atom is -0.393 e. The van der Waals surface area contributed by atoms with Gasteiger partial charge in [0, 0.05) is 52.4 Å². The molecule has 0 saturated carbocycles. The molecule has 8 heteroatoms. The van der Waals surface area contributed by atoms with Crippen LogP contribution in [-0.2, 0) is 14.3 Å². The highest BCUT2D eigenvalue weighted by atomic mass is 16.6. The van der Waals surface area contributed by atoms with Gasteiger partial charge in [0.1, 0.15) is 0 Å². The maximum atomic E-state index is 10.9. The summed E-state index contributed by atoms with van der Waals surface area (Å²) < 4.78 is 4.40. The Hall–Kier alpha value is -1.06. The van der Waals surface area contributed by atoms with E-state index in [1.807, 2.05) is 13.8 Å². The zero-order valence-electron chi connectivity index (χ0n) is 15.1. The molecule has 1 fully saturated rings. The second kappa shape index (κ2) is 15.5. The van der Waals surface area contributed by atoms with Gasteiger partial charge in [0.25, 0.3) is 0 Å². The minimum absolute atomic E-state index is 0.178. The Morgan fingerprint density at radius 3 is 1.75 bits per heavy atom. The molecule has 0 aromatic rings. The van der Waals surface area contributed by atoms with Crippen molar-refractivity contribution in [3.05, 3.63) is 0 Å². The largest absolute Gasteiger partial charge is 0.393 e. The minimum atomic E-state index is -0.374. The number of rotatable bonds is 12. The van der Waals surface area contributed by atoms with Crippen LogP contribution in [0.15, 0.2) is 0 Å². The van der Waals surface area contributed by atoms with Crippen LogP contribution in [0.2, 0.25) is 0 Å². The SMILES string of the molecule is CC(C)CC1CC(=O)OC1=O.NCCNCCNCCNCCN. The van der Waals surface area contributed by atoms with E-state index >= 15 is 0 Å². The molecule has 0 spiro atoms. The molecule has 142 valence electrons. The van der Waals surface area contributed by atoms with Crippen LogP contribution in [0.5, 0.6) is 0 Å². The standard InChI is InChI=1S/C8H23N5.C8H12O3/c9-1-3-11-5-7-13-8-6-12-4-2-10;1-5(2)3-6-4-7(9)11-8(6)10/h11-13H,1-10H2;5-6H,3-4H2,1-2H3. The summed E-state index contributed by atoms with van der Waals surface area (Å²) in [5.41, 5.74) is 10.6. The lowest BCUT2D eigenvalue weighted by Crippen LogP contribution is -2.35. The fraction of sp³-hybridized carbons (Fsp3) is 0.875. The first-order chi connectivity index (χ1) is 11.5. The second-order valence-electron chi connectivity index (χ2n) is 6.15. The van der Waals surface area contributed by atoms with Crippen LogP contribution in [0, 0.1) is 11.8 Å². The summed E-state index contributed by atoms with van der Waals surface area (Å²) in [6, 6.07) is 0. The highest BCUT2D eigenvalue weighted by molar-refractivity contribution is 5.94. The molecule has 1 unspecified atom stereocenters. The Morgan fingerprint density at radius 1 is 0.958 bits per heavy atom. The molecule has 0 radical (unpaired) electrons. The van der Waals surface area contributed by atoms with Gasteiger partial charge >= 0.3 is 11.9 Å². The molecular formula is C16H35N5O3. The number of ether oxygens (including phenoxy) is 1. The van der Waals surface area contributed by atoms with Crippen molar-refractivity contribution < 1.29 is 14.3 Å². The van der Waals surface area contributed by atoms with Gasteiger partial charge in [-0.25, -0.2) is 0 Å². The van der Waals surface area contributed by atoms with E-state index in [0.29, 0.717) is 19.0 Å². The third-order valence-electron chi connectivity index (χ3n) is 3.32. The van der Waals surface area contributed by atoms with E-state index in [1.54, 1.807) is 0 Å². The number of carbonyl (C=O) groups is 2. The van der Waals surface area contributed by atoms with Gasteiger partial charge in [-0.3, -0.25) is 9.59 Å². The molecule has 1 atom stereocenters. The van der Waals surface area contributed by atoms with E-state index in [4.69, 9.17) is 11.5 Å². The number of hydrogen-bond acceptors (Lipinski definition) is 8. The molecule has 0 aliphatic carbocycles. The van der Waals surface area contributed by atoms with E-state index < -0.39 is 0 Å². The average Bonchev–Trinajstić information content (AvgIpc) is 2.83. The van der Waals surface area contributed by atoms with Crippen LogP contribution in [0.4, 0.5) is 0 Å². The second-order valence-corrected chi connectivity index (χ2v) is 6.15. The molecule has 1 aliphatic heterocycles. The predicted molar refractivity (Wildman–Crippen MR) is 95.4 cm³/mol. The van der Waals surface area contributed by atoms with Crippen molar-refractivity contribution in [2.24, 2.45) is 23.3 Å². The molecule has 7 N–H and O–H groups in total. The highest BCUT2D eigenvalue weighted by Gasteiger charge is 2.33. The van der Waals surface area contributed by atoms with Crippen molar-refractivity contribution in [1.82, 2.24) is 16.0 Å².